The normalized spacial score (nSPS) is 17.2. The van der Waals surface area contributed by atoms with Gasteiger partial charge in [-0.05, 0) is 38.3 Å². The molecule has 2 saturated heterocycles. The Labute approximate surface area is 193 Å². The van der Waals surface area contributed by atoms with E-state index in [0.29, 0.717) is 28.9 Å². The van der Waals surface area contributed by atoms with E-state index in [-0.39, 0.29) is 12.5 Å². The van der Waals surface area contributed by atoms with Crippen molar-refractivity contribution in [3.63, 3.8) is 0 Å². The fraction of sp³-hybridized carbons (Fsp3) is 0.545. The number of aromatic nitrogens is 2. The summed E-state index contributed by atoms with van der Waals surface area (Å²) in [6.45, 7) is 6.94. The molecule has 0 atom stereocenters. The van der Waals surface area contributed by atoms with Crippen LogP contribution in [0.15, 0.2) is 18.2 Å². The van der Waals surface area contributed by atoms with Crippen LogP contribution in [0.3, 0.4) is 0 Å². The van der Waals surface area contributed by atoms with E-state index in [1.165, 1.54) is 6.42 Å². The van der Waals surface area contributed by atoms with Crippen LogP contribution in [0.4, 0.5) is 11.5 Å². The van der Waals surface area contributed by atoms with Gasteiger partial charge in [-0.15, -0.1) is 0 Å². The van der Waals surface area contributed by atoms with E-state index in [2.05, 4.69) is 14.9 Å². The highest BCUT2D eigenvalue weighted by molar-refractivity contribution is 6.33. The fourth-order valence-electron chi connectivity index (χ4n) is 4.26. The highest BCUT2D eigenvalue weighted by Gasteiger charge is 2.25. The summed E-state index contributed by atoms with van der Waals surface area (Å²) >= 11 is 12.7. The lowest BCUT2D eigenvalue weighted by Crippen LogP contribution is -2.49. The maximum absolute atomic E-state index is 13.0. The highest BCUT2D eigenvalue weighted by Crippen LogP contribution is 2.31. The topological polar surface area (TPSA) is 53.8 Å². The average Bonchev–Trinajstić information content (AvgIpc) is 3.08. The standard InChI is InChI=1S/C22H29Cl2N5O2/c1-16-21(24)22(28-8-4-3-5-9-28)25-29(16)15-20(30)27-12-10-26(11-13-27)17-6-7-18(23)19(14-17)31-2/h6-7,14H,3-5,8-13,15H2,1-2H3. The molecule has 1 amide bonds. The molecule has 1 aromatic heterocycles. The molecule has 0 unspecified atom stereocenters. The zero-order chi connectivity index (χ0) is 22.0. The third-order valence-corrected chi connectivity index (χ3v) is 6.94. The molecule has 2 aliphatic rings. The molecule has 1 aromatic carbocycles. The van der Waals surface area contributed by atoms with Crippen molar-refractivity contribution in [3.05, 3.63) is 33.9 Å². The van der Waals surface area contributed by atoms with Crippen molar-refractivity contribution in [1.82, 2.24) is 14.7 Å². The Morgan fingerprint density at radius 1 is 1.03 bits per heavy atom. The van der Waals surface area contributed by atoms with E-state index >= 15 is 0 Å². The van der Waals surface area contributed by atoms with Crippen molar-refractivity contribution in [2.24, 2.45) is 0 Å². The SMILES string of the molecule is COc1cc(N2CCN(C(=O)Cn3nc(N4CCCCC4)c(Cl)c3C)CC2)ccc1Cl. The summed E-state index contributed by atoms with van der Waals surface area (Å²) in [6.07, 6.45) is 3.57. The van der Waals surface area contributed by atoms with Crippen LogP contribution in [0, 0.1) is 6.92 Å². The molecule has 168 valence electrons. The van der Waals surface area contributed by atoms with Crippen molar-refractivity contribution in [3.8, 4) is 5.75 Å². The van der Waals surface area contributed by atoms with Crippen LogP contribution < -0.4 is 14.5 Å². The lowest BCUT2D eigenvalue weighted by Gasteiger charge is -2.36. The number of piperazine rings is 1. The van der Waals surface area contributed by atoms with Crippen molar-refractivity contribution in [2.75, 3.05) is 56.2 Å². The summed E-state index contributed by atoms with van der Waals surface area (Å²) in [5, 5.41) is 5.94. The van der Waals surface area contributed by atoms with E-state index in [1.807, 2.05) is 30.0 Å². The fourth-order valence-corrected chi connectivity index (χ4v) is 4.71. The van der Waals surface area contributed by atoms with Crippen LogP contribution in [0.2, 0.25) is 10.0 Å². The number of piperidine rings is 1. The molecule has 9 heteroatoms. The molecule has 2 aromatic rings. The molecule has 0 N–H and O–H groups in total. The number of methoxy groups -OCH3 is 1. The van der Waals surface area contributed by atoms with Gasteiger partial charge in [-0.2, -0.15) is 5.10 Å². The Bertz CT molecular complexity index is 934. The molecule has 2 aliphatic heterocycles. The van der Waals surface area contributed by atoms with Gasteiger partial charge < -0.3 is 19.4 Å². The van der Waals surface area contributed by atoms with Gasteiger partial charge in [0.15, 0.2) is 5.82 Å². The highest BCUT2D eigenvalue weighted by atomic mass is 35.5. The van der Waals surface area contributed by atoms with E-state index in [1.54, 1.807) is 11.8 Å². The van der Waals surface area contributed by atoms with E-state index in [0.717, 1.165) is 56.2 Å². The number of carbonyl (C=O) groups is 1. The average molecular weight is 466 g/mol. The number of amides is 1. The Morgan fingerprint density at radius 3 is 2.42 bits per heavy atom. The first-order valence-electron chi connectivity index (χ1n) is 10.8. The quantitative estimate of drug-likeness (QED) is 0.670. The lowest BCUT2D eigenvalue weighted by molar-refractivity contribution is -0.132. The van der Waals surface area contributed by atoms with Crippen molar-refractivity contribution in [1.29, 1.82) is 0 Å². The largest absolute Gasteiger partial charge is 0.495 e. The van der Waals surface area contributed by atoms with Gasteiger partial charge >= 0.3 is 0 Å². The molecule has 2 fully saturated rings. The molecular formula is C22H29Cl2N5O2. The number of rotatable bonds is 5. The Kier molecular flexibility index (Phi) is 6.82. The maximum Gasteiger partial charge on any atom is 0.244 e. The summed E-state index contributed by atoms with van der Waals surface area (Å²) in [5.74, 6) is 1.54. The van der Waals surface area contributed by atoms with Crippen molar-refractivity contribution in [2.45, 2.75) is 32.7 Å². The predicted octanol–water partition coefficient (Wildman–Crippen LogP) is 3.85. The van der Waals surface area contributed by atoms with Crippen molar-refractivity contribution >= 4 is 40.6 Å². The molecule has 0 saturated carbocycles. The Hall–Kier alpha value is -2.12. The number of anilines is 2. The summed E-state index contributed by atoms with van der Waals surface area (Å²) in [6, 6.07) is 5.77. The zero-order valence-electron chi connectivity index (χ0n) is 18.1. The summed E-state index contributed by atoms with van der Waals surface area (Å²) in [4.78, 5) is 19.3. The van der Waals surface area contributed by atoms with Gasteiger partial charge in [0.2, 0.25) is 5.91 Å². The third kappa shape index (κ3) is 4.72. The number of benzene rings is 1. The van der Waals surface area contributed by atoms with E-state index in [4.69, 9.17) is 27.9 Å². The minimum atomic E-state index is 0.0702. The van der Waals surface area contributed by atoms with Gasteiger partial charge in [-0.3, -0.25) is 9.48 Å². The number of nitrogens with zero attached hydrogens (tertiary/aromatic N) is 5. The number of carbonyl (C=O) groups excluding carboxylic acids is 1. The van der Waals surface area contributed by atoms with Crippen LogP contribution in [0.5, 0.6) is 5.75 Å². The second-order valence-electron chi connectivity index (χ2n) is 8.12. The monoisotopic (exact) mass is 465 g/mol. The first kappa shape index (κ1) is 22.1. The summed E-state index contributed by atoms with van der Waals surface area (Å²) < 4.78 is 7.08. The number of halogens is 2. The van der Waals surface area contributed by atoms with E-state index in [9.17, 15) is 4.79 Å². The Balaban J connectivity index is 1.37. The minimum absolute atomic E-state index is 0.0702. The van der Waals surface area contributed by atoms with Gasteiger partial charge in [-0.1, -0.05) is 23.2 Å². The molecule has 7 nitrogen and oxygen atoms in total. The van der Waals surface area contributed by atoms with Crippen LogP contribution in [-0.2, 0) is 11.3 Å². The Morgan fingerprint density at radius 2 is 1.74 bits per heavy atom. The smallest absolute Gasteiger partial charge is 0.244 e. The molecule has 4 rings (SSSR count). The van der Waals surface area contributed by atoms with Crippen LogP contribution in [-0.4, -0.2) is 67.0 Å². The second kappa shape index (κ2) is 9.57. The number of hydrogen-bond acceptors (Lipinski definition) is 5. The first-order valence-corrected chi connectivity index (χ1v) is 11.6. The first-order chi connectivity index (χ1) is 15.0. The molecular weight excluding hydrogens is 437 g/mol. The van der Waals surface area contributed by atoms with Gasteiger partial charge in [0.25, 0.3) is 0 Å². The predicted molar refractivity (Wildman–Crippen MR) is 125 cm³/mol. The van der Waals surface area contributed by atoms with Crippen LogP contribution in [0.25, 0.3) is 0 Å². The third-order valence-electron chi connectivity index (χ3n) is 6.19. The summed E-state index contributed by atoms with van der Waals surface area (Å²) in [5.41, 5.74) is 1.90. The van der Waals surface area contributed by atoms with Gasteiger partial charge in [0.05, 0.1) is 17.8 Å². The molecule has 0 aliphatic carbocycles. The maximum atomic E-state index is 13.0. The second-order valence-corrected chi connectivity index (χ2v) is 8.90. The van der Waals surface area contributed by atoms with Gasteiger partial charge in [0.1, 0.15) is 17.3 Å². The minimum Gasteiger partial charge on any atom is -0.495 e. The van der Waals surface area contributed by atoms with Crippen molar-refractivity contribution < 1.29 is 9.53 Å². The molecule has 31 heavy (non-hydrogen) atoms. The zero-order valence-corrected chi connectivity index (χ0v) is 19.6. The number of hydrogen-bond donors (Lipinski definition) is 0. The summed E-state index contributed by atoms with van der Waals surface area (Å²) in [7, 11) is 1.61. The lowest BCUT2D eigenvalue weighted by atomic mass is 10.1. The molecule has 0 radical (unpaired) electrons. The molecule has 0 bridgehead atoms. The van der Waals surface area contributed by atoms with E-state index < -0.39 is 0 Å². The van der Waals surface area contributed by atoms with Gasteiger partial charge in [0, 0.05) is 51.0 Å². The molecule has 3 heterocycles. The molecule has 0 spiro atoms. The van der Waals surface area contributed by atoms with Gasteiger partial charge in [-0.25, -0.2) is 0 Å². The van der Waals surface area contributed by atoms with Crippen LogP contribution in [0.1, 0.15) is 25.0 Å². The number of ether oxygens (including phenoxy) is 1. The van der Waals surface area contributed by atoms with Crippen LogP contribution >= 0.6 is 23.2 Å².